The average Bonchev–Trinajstić information content (AvgIpc) is 3.36. The van der Waals surface area contributed by atoms with Crippen LogP contribution in [0.2, 0.25) is 0 Å². The number of aromatic nitrogens is 2. The SMILES string of the molecule is COc1ccc(-c2csc(NC(=O)C(=O)c3c(C)[nH]c4ccccc34)n2)cc1OC. The van der Waals surface area contributed by atoms with Crippen molar-refractivity contribution in [3.05, 3.63) is 59.1 Å². The lowest BCUT2D eigenvalue weighted by molar-refractivity contribution is -0.112. The van der Waals surface area contributed by atoms with E-state index in [-0.39, 0.29) is 0 Å². The van der Waals surface area contributed by atoms with Crippen LogP contribution in [0.4, 0.5) is 5.13 Å². The Labute approximate surface area is 176 Å². The van der Waals surface area contributed by atoms with Gasteiger partial charge in [0.1, 0.15) is 0 Å². The normalized spacial score (nSPS) is 10.8. The number of para-hydroxylation sites is 1. The number of carbonyl (C=O) groups is 2. The molecule has 1 amide bonds. The van der Waals surface area contributed by atoms with E-state index in [0.29, 0.717) is 33.6 Å². The highest BCUT2D eigenvalue weighted by Gasteiger charge is 2.23. The standard InChI is InChI=1S/C22H19N3O4S/c1-12-19(14-6-4-5-7-15(14)23-12)20(26)21(27)25-22-24-16(11-30-22)13-8-9-17(28-2)18(10-13)29-3/h4-11,23H,1-3H3,(H,24,25,27). The van der Waals surface area contributed by atoms with E-state index in [9.17, 15) is 9.59 Å². The third-order valence-corrected chi connectivity index (χ3v) is 5.49. The largest absolute Gasteiger partial charge is 0.493 e. The molecular weight excluding hydrogens is 402 g/mol. The summed E-state index contributed by atoms with van der Waals surface area (Å²) in [4.78, 5) is 32.9. The quantitative estimate of drug-likeness (QED) is 0.355. The average molecular weight is 421 g/mol. The minimum atomic E-state index is -0.726. The second-order valence-corrected chi connectivity index (χ2v) is 7.42. The number of thiazole rings is 1. The number of aryl methyl sites for hydroxylation is 1. The highest BCUT2D eigenvalue weighted by atomic mass is 32.1. The number of carbonyl (C=O) groups excluding carboxylic acids is 2. The molecule has 0 unspecified atom stereocenters. The van der Waals surface area contributed by atoms with Gasteiger partial charge in [-0.3, -0.25) is 14.9 Å². The first-order valence-corrected chi connectivity index (χ1v) is 10.0. The van der Waals surface area contributed by atoms with Crippen molar-refractivity contribution in [2.45, 2.75) is 6.92 Å². The fourth-order valence-electron chi connectivity index (χ4n) is 3.30. The predicted molar refractivity (Wildman–Crippen MR) is 117 cm³/mol. The molecule has 4 rings (SSSR count). The van der Waals surface area contributed by atoms with Crippen molar-refractivity contribution in [3.63, 3.8) is 0 Å². The molecule has 0 aliphatic carbocycles. The molecular formula is C22H19N3O4S. The van der Waals surface area contributed by atoms with Gasteiger partial charge in [-0.1, -0.05) is 18.2 Å². The Balaban J connectivity index is 1.56. The van der Waals surface area contributed by atoms with Crippen LogP contribution in [0.25, 0.3) is 22.2 Å². The Hall–Kier alpha value is -3.65. The van der Waals surface area contributed by atoms with Gasteiger partial charge in [0.2, 0.25) is 0 Å². The number of anilines is 1. The number of methoxy groups -OCH3 is 2. The van der Waals surface area contributed by atoms with E-state index in [1.54, 1.807) is 38.7 Å². The first kappa shape index (κ1) is 19.7. The fraction of sp³-hybridized carbons (Fsp3) is 0.136. The lowest BCUT2D eigenvalue weighted by atomic mass is 10.1. The first-order valence-electron chi connectivity index (χ1n) is 9.12. The Morgan fingerprint density at radius 3 is 2.60 bits per heavy atom. The van der Waals surface area contributed by atoms with E-state index in [4.69, 9.17) is 9.47 Å². The molecule has 7 nitrogen and oxygen atoms in total. The summed E-state index contributed by atoms with van der Waals surface area (Å²) in [6, 6.07) is 12.8. The second kappa shape index (κ2) is 8.00. The number of hydrogen-bond acceptors (Lipinski definition) is 6. The zero-order chi connectivity index (χ0) is 21.3. The molecule has 2 N–H and O–H groups in total. The number of benzene rings is 2. The number of amides is 1. The minimum absolute atomic E-state index is 0.343. The van der Waals surface area contributed by atoms with Crippen LogP contribution in [0.3, 0.4) is 0 Å². The van der Waals surface area contributed by atoms with E-state index in [2.05, 4.69) is 15.3 Å². The van der Waals surface area contributed by atoms with Crippen molar-refractivity contribution < 1.29 is 19.1 Å². The van der Waals surface area contributed by atoms with Crippen LogP contribution in [0.5, 0.6) is 11.5 Å². The molecule has 0 saturated carbocycles. The molecule has 0 fully saturated rings. The zero-order valence-electron chi connectivity index (χ0n) is 16.6. The molecule has 2 aromatic carbocycles. The van der Waals surface area contributed by atoms with Crippen LogP contribution in [0.15, 0.2) is 47.8 Å². The summed E-state index contributed by atoms with van der Waals surface area (Å²) in [5.74, 6) is -0.132. The van der Waals surface area contributed by atoms with Crippen LogP contribution in [-0.4, -0.2) is 35.9 Å². The number of rotatable bonds is 6. The molecule has 8 heteroatoms. The van der Waals surface area contributed by atoms with E-state index in [1.165, 1.54) is 11.3 Å². The van der Waals surface area contributed by atoms with E-state index in [1.807, 2.05) is 30.3 Å². The predicted octanol–water partition coefficient (Wildman–Crippen LogP) is 4.44. The molecule has 0 bridgehead atoms. The maximum absolute atomic E-state index is 12.8. The third kappa shape index (κ3) is 3.53. The molecule has 0 spiro atoms. The lowest BCUT2D eigenvalue weighted by Gasteiger charge is -2.08. The molecule has 4 aromatic rings. The number of ketones is 1. The summed E-state index contributed by atoms with van der Waals surface area (Å²) < 4.78 is 10.6. The number of fused-ring (bicyclic) bond motifs is 1. The smallest absolute Gasteiger partial charge is 0.298 e. The van der Waals surface area contributed by atoms with Gasteiger partial charge in [0.15, 0.2) is 16.6 Å². The molecule has 30 heavy (non-hydrogen) atoms. The van der Waals surface area contributed by atoms with Crippen LogP contribution in [0.1, 0.15) is 16.1 Å². The first-order chi connectivity index (χ1) is 14.5. The van der Waals surface area contributed by atoms with Gasteiger partial charge in [0.25, 0.3) is 11.7 Å². The van der Waals surface area contributed by atoms with E-state index in [0.717, 1.165) is 16.5 Å². The number of hydrogen-bond donors (Lipinski definition) is 2. The Kier molecular flexibility index (Phi) is 5.24. The molecule has 2 heterocycles. The van der Waals surface area contributed by atoms with Crippen molar-refractivity contribution in [2.24, 2.45) is 0 Å². The highest BCUT2D eigenvalue weighted by Crippen LogP contribution is 2.33. The van der Waals surface area contributed by atoms with E-state index >= 15 is 0 Å². The van der Waals surface area contributed by atoms with Gasteiger partial charge in [0, 0.05) is 27.5 Å². The molecule has 0 aliphatic heterocycles. The Morgan fingerprint density at radius 1 is 1.07 bits per heavy atom. The summed E-state index contributed by atoms with van der Waals surface area (Å²) in [5, 5.41) is 5.48. The van der Waals surface area contributed by atoms with Gasteiger partial charge in [-0.15, -0.1) is 11.3 Å². The van der Waals surface area contributed by atoms with Gasteiger partial charge < -0.3 is 14.5 Å². The fourth-order valence-corrected chi connectivity index (χ4v) is 4.01. The molecule has 0 saturated heterocycles. The van der Waals surface area contributed by atoms with Crippen molar-refractivity contribution in [2.75, 3.05) is 19.5 Å². The number of aromatic amines is 1. The van der Waals surface area contributed by atoms with Gasteiger partial charge in [0.05, 0.1) is 25.5 Å². The number of nitrogens with one attached hydrogen (secondary N) is 2. The van der Waals surface area contributed by atoms with Gasteiger partial charge in [-0.25, -0.2) is 4.98 Å². The van der Waals surface area contributed by atoms with Gasteiger partial charge >= 0.3 is 0 Å². The second-order valence-electron chi connectivity index (χ2n) is 6.56. The third-order valence-electron chi connectivity index (χ3n) is 4.73. The number of H-pyrrole nitrogens is 1. The summed E-state index contributed by atoms with van der Waals surface area (Å²) in [7, 11) is 3.13. The van der Waals surface area contributed by atoms with Crippen molar-refractivity contribution in [1.29, 1.82) is 0 Å². The monoisotopic (exact) mass is 421 g/mol. The lowest BCUT2D eigenvalue weighted by Crippen LogP contribution is -2.23. The summed E-state index contributed by atoms with van der Waals surface area (Å²) in [6.45, 7) is 1.78. The molecule has 2 aromatic heterocycles. The van der Waals surface area contributed by atoms with Crippen molar-refractivity contribution in [1.82, 2.24) is 9.97 Å². The van der Waals surface area contributed by atoms with Crippen LogP contribution in [0, 0.1) is 6.92 Å². The molecule has 0 aliphatic rings. The maximum atomic E-state index is 12.8. The van der Waals surface area contributed by atoms with Gasteiger partial charge in [-0.2, -0.15) is 0 Å². The van der Waals surface area contributed by atoms with Gasteiger partial charge in [-0.05, 0) is 31.2 Å². The zero-order valence-corrected chi connectivity index (χ0v) is 17.4. The molecule has 152 valence electrons. The topological polar surface area (TPSA) is 93.3 Å². The minimum Gasteiger partial charge on any atom is -0.493 e. The van der Waals surface area contributed by atoms with Crippen molar-refractivity contribution in [3.8, 4) is 22.8 Å². The van der Waals surface area contributed by atoms with Crippen molar-refractivity contribution >= 4 is 39.1 Å². The number of ether oxygens (including phenoxy) is 2. The summed E-state index contributed by atoms with van der Waals surface area (Å²) >= 11 is 1.24. The Bertz CT molecular complexity index is 1260. The van der Waals surface area contributed by atoms with Crippen LogP contribution >= 0.6 is 11.3 Å². The number of Topliss-reactive ketones (excluding diaryl/α,β-unsaturated/α-hetero) is 1. The van der Waals surface area contributed by atoms with Crippen LogP contribution in [-0.2, 0) is 4.79 Å². The molecule has 0 atom stereocenters. The maximum Gasteiger partial charge on any atom is 0.298 e. The Morgan fingerprint density at radius 2 is 1.83 bits per heavy atom. The van der Waals surface area contributed by atoms with Crippen LogP contribution < -0.4 is 14.8 Å². The summed E-state index contributed by atoms with van der Waals surface area (Å²) in [6.07, 6.45) is 0. The number of nitrogens with zero attached hydrogens (tertiary/aromatic N) is 1. The van der Waals surface area contributed by atoms with E-state index < -0.39 is 11.7 Å². The summed E-state index contributed by atoms with van der Waals surface area (Å²) in [5.41, 5.74) is 3.31. The highest BCUT2D eigenvalue weighted by molar-refractivity contribution is 7.14. The molecule has 0 radical (unpaired) electrons.